The highest BCUT2D eigenvalue weighted by molar-refractivity contribution is 9.10. The van der Waals surface area contributed by atoms with Gasteiger partial charge >= 0.3 is 5.97 Å². The molecule has 0 fully saturated rings. The fourth-order valence-corrected chi connectivity index (χ4v) is 1.93. The molecule has 4 nitrogen and oxygen atoms in total. The Bertz CT molecular complexity index is 439. The molecule has 1 atom stereocenters. The van der Waals surface area contributed by atoms with Gasteiger partial charge in [-0.25, -0.2) is 0 Å². The van der Waals surface area contributed by atoms with Crippen molar-refractivity contribution in [3.63, 3.8) is 0 Å². The Morgan fingerprint density at radius 1 is 1.75 bits per heavy atom. The molecular weight excluding hydrogens is 272 g/mol. The van der Waals surface area contributed by atoms with Gasteiger partial charge in [0.05, 0.1) is 21.3 Å². The molecule has 0 aliphatic carbocycles. The first-order chi connectivity index (χ1) is 7.31. The van der Waals surface area contributed by atoms with Crippen LogP contribution in [-0.4, -0.2) is 20.9 Å². The first-order valence-corrected chi connectivity index (χ1v) is 5.66. The lowest BCUT2D eigenvalue weighted by atomic mass is 9.85. The van der Waals surface area contributed by atoms with Gasteiger partial charge in [-0.15, -0.1) is 6.58 Å². The fraction of sp³-hybridized carbons (Fsp3) is 0.455. The quantitative estimate of drug-likeness (QED) is 0.865. The highest BCUT2D eigenvalue weighted by atomic mass is 79.9. The molecule has 0 aliphatic heterocycles. The number of hydrogen-bond acceptors (Lipinski definition) is 2. The number of aromatic nitrogens is 2. The smallest absolute Gasteiger partial charge is 0.313 e. The molecule has 1 unspecified atom stereocenters. The first-order valence-electron chi connectivity index (χ1n) is 4.87. The second-order valence-electron chi connectivity index (χ2n) is 4.07. The average molecular weight is 287 g/mol. The predicted molar refractivity (Wildman–Crippen MR) is 65.3 cm³/mol. The number of halogens is 1. The molecule has 0 radical (unpaired) electrons. The van der Waals surface area contributed by atoms with E-state index in [2.05, 4.69) is 27.6 Å². The lowest BCUT2D eigenvalue weighted by molar-refractivity contribution is -0.145. The average Bonchev–Trinajstić information content (AvgIpc) is 2.44. The molecule has 1 aromatic rings. The Balaban J connectivity index is 3.13. The predicted octanol–water partition coefficient (Wildman–Crippen LogP) is 2.31. The van der Waals surface area contributed by atoms with Crippen LogP contribution in [0.5, 0.6) is 0 Å². The second-order valence-corrected chi connectivity index (χ2v) is 4.87. The summed E-state index contributed by atoms with van der Waals surface area (Å²) >= 11 is 3.42. The molecule has 5 heteroatoms. The van der Waals surface area contributed by atoms with E-state index in [0.717, 1.165) is 15.9 Å². The fourth-order valence-electron chi connectivity index (χ4n) is 1.46. The summed E-state index contributed by atoms with van der Waals surface area (Å²) < 4.78 is 2.56. The number of rotatable bonds is 4. The maximum atomic E-state index is 11.2. The van der Waals surface area contributed by atoms with E-state index in [1.54, 1.807) is 18.7 Å². The summed E-state index contributed by atoms with van der Waals surface area (Å²) in [6.07, 6.45) is 1.83. The molecule has 1 rings (SSSR count). The van der Waals surface area contributed by atoms with Crippen molar-refractivity contribution in [1.29, 1.82) is 0 Å². The van der Waals surface area contributed by atoms with Crippen molar-refractivity contribution < 1.29 is 9.90 Å². The van der Waals surface area contributed by atoms with Crippen molar-refractivity contribution in [3.05, 3.63) is 28.5 Å². The van der Waals surface area contributed by atoms with Crippen molar-refractivity contribution in [2.75, 3.05) is 0 Å². The molecule has 0 saturated carbocycles. The van der Waals surface area contributed by atoms with Crippen LogP contribution in [0.3, 0.4) is 0 Å². The SMILES string of the molecule is C=CC(C)(Cc1c(Br)c(C)nn1C)C(=O)O. The van der Waals surface area contributed by atoms with Crippen molar-refractivity contribution in [1.82, 2.24) is 9.78 Å². The topological polar surface area (TPSA) is 55.1 Å². The Morgan fingerprint density at radius 3 is 2.62 bits per heavy atom. The molecule has 0 aliphatic rings. The molecule has 0 spiro atoms. The monoisotopic (exact) mass is 286 g/mol. The van der Waals surface area contributed by atoms with Gasteiger partial charge in [-0.2, -0.15) is 5.10 Å². The third-order valence-corrected chi connectivity index (χ3v) is 3.77. The van der Waals surface area contributed by atoms with E-state index in [0.29, 0.717) is 6.42 Å². The second kappa shape index (κ2) is 4.41. The number of carboxylic acid groups (broad SMARTS) is 1. The highest BCUT2D eigenvalue weighted by Crippen LogP contribution is 2.29. The summed E-state index contributed by atoms with van der Waals surface area (Å²) in [5.74, 6) is -0.881. The van der Waals surface area contributed by atoms with Gasteiger partial charge in [0.15, 0.2) is 0 Å². The van der Waals surface area contributed by atoms with Gasteiger partial charge in [-0.3, -0.25) is 9.48 Å². The highest BCUT2D eigenvalue weighted by Gasteiger charge is 2.32. The third kappa shape index (κ3) is 2.19. The zero-order valence-corrected chi connectivity index (χ0v) is 11.2. The zero-order chi connectivity index (χ0) is 12.5. The minimum atomic E-state index is -0.969. The van der Waals surface area contributed by atoms with Gasteiger partial charge < -0.3 is 5.11 Å². The Morgan fingerprint density at radius 2 is 2.31 bits per heavy atom. The molecule has 88 valence electrons. The van der Waals surface area contributed by atoms with Gasteiger partial charge in [0, 0.05) is 13.5 Å². The lowest BCUT2D eigenvalue weighted by Crippen LogP contribution is -2.28. The maximum absolute atomic E-state index is 11.2. The van der Waals surface area contributed by atoms with E-state index in [-0.39, 0.29) is 0 Å². The van der Waals surface area contributed by atoms with Crippen LogP contribution < -0.4 is 0 Å². The molecular formula is C11H15BrN2O2. The van der Waals surface area contributed by atoms with E-state index in [4.69, 9.17) is 5.11 Å². The van der Waals surface area contributed by atoms with Crippen LogP contribution in [0.1, 0.15) is 18.3 Å². The van der Waals surface area contributed by atoms with E-state index >= 15 is 0 Å². The summed E-state index contributed by atoms with van der Waals surface area (Å²) in [4.78, 5) is 11.2. The number of hydrogen-bond donors (Lipinski definition) is 1. The van der Waals surface area contributed by atoms with E-state index in [9.17, 15) is 4.79 Å². The molecule has 1 N–H and O–H groups in total. The molecule has 1 heterocycles. The zero-order valence-electron chi connectivity index (χ0n) is 9.62. The standard InChI is InChI=1S/C11H15BrN2O2/c1-5-11(3,10(15)16)6-8-9(12)7(2)13-14(8)4/h5H,1,6H2,2-4H3,(H,15,16). The summed E-state index contributed by atoms with van der Waals surface area (Å²) in [7, 11) is 1.80. The van der Waals surface area contributed by atoms with Crippen LogP contribution in [-0.2, 0) is 18.3 Å². The number of carbonyl (C=O) groups is 1. The third-order valence-electron chi connectivity index (χ3n) is 2.74. The minimum absolute atomic E-state index is 0.365. The van der Waals surface area contributed by atoms with Crippen LogP contribution >= 0.6 is 15.9 Å². The number of nitrogens with zero attached hydrogens (tertiary/aromatic N) is 2. The summed E-state index contributed by atoms with van der Waals surface area (Å²) in [5, 5.41) is 13.4. The van der Waals surface area contributed by atoms with Crippen LogP contribution in [0.4, 0.5) is 0 Å². The van der Waals surface area contributed by atoms with E-state index in [1.807, 2.05) is 6.92 Å². The first kappa shape index (κ1) is 13.0. The van der Waals surface area contributed by atoms with E-state index < -0.39 is 11.4 Å². The molecule has 0 aromatic carbocycles. The maximum Gasteiger partial charge on any atom is 0.313 e. The number of aryl methyl sites for hydroxylation is 2. The van der Waals surface area contributed by atoms with Crippen LogP contribution in [0.15, 0.2) is 17.1 Å². The summed E-state index contributed by atoms with van der Waals surface area (Å²) in [5.41, 5.74) is 0.750. The molecule has 1 aromatic heterocycles. The Labute approximate surface area is 103 Å². The lowest BCUT2D eigenvalue weighted by Gasteiger charge is -2.20. The van der Waals surface area contributed by atoms with Crippen molar-refractivity contribution in [2.24, 2.45) is 12.5 Å². The van der Waals surface area contributed by atoms with Crippen LogP contribution in [0.25, 0.3) is 0 Å². The molecule has 0 amide bonds. The molecule has 16 heavy (non-hydrogen) atoms. The van der Waals surface area contributed by atoms with Crippen molar-refractivity contribution in [2.45, 2.75) is 20.3 Å². The van der Waals surface area contributed by atoms with Crippen molar-refractivity contribution >= 4 is 21.9 Å². The van der Waals surface area contributed by atoms with Gasteiger partial charge in [-0.1, -0.05) is 6.08 Å². The molecule has 0 bridgehead atoms. The molecule has 0 saturated heterocycles. The van der Waals surface area contributed by atoms with E-state index in [1.165, 1.54) is 6.08 Å². The van der Waals surface area contributed by atoms with Gasteiger partial charge in [0.2, 0.25) is 0 Å². The summed E-state index contributed by atoms with van der Waals surface area (Å²) in [6, 6.07) is 0. The summed E-state index contributed by atoms with van der Waals surface area (Å²) in [6.45, 7) is 7.12. The van der Waals surface area contributed by atoms with Gasteiger partial charge in [0.25, 0.3) is 0 Å². The largest absolute Gasteiger partial charge is 0.481 e. The van der Waals surface area contributed by atoms with Gasteiger partial charge in [-0.05, 0) is 29.8 Å². The normalized spacial score (nSPS) is 14.5. The van der Waals surface area contributed by atoms with Gasteiger partial charge in [0.1, 0.15) is 0 Å². The van der Waals surface area contributed by atoms with Crippen molar-refractivity contribution in [3.8, 4) is 0 Å². The number of aliphatic carboxylic acids is 1. The Hall–Kier alpha value is -1.10. The Kier molecular flexibility index (Phi) is 3.57. The minimum Gasteiger partial charge on any atom is -0.481 e. The number of carboxylic acids is 1. The van der Waals surface area contributed by atoms with Crippen LogP contribution in [0.2, 0.25) is 0 Å². The van der Waals surface area contributed by atoms with Crippen LogP contribution in [0, 0.1) is 12.3 Å².